The Morgan fingerprint density at radius 3 is 2.56 bits per heavy atom. The van der Waals surface area contributed by atoms with E-state index in [1.807, 2.05) is 30.3 Å². The number of hydrogen-bond donors (Lipinski definition) is 1. The Bertz CT molecular complexity index is 483. The number of piperidine rings is 1. The van der Waals surface area contributed by atoms with Gasteiger partial charge in [0.2, 0.25) is 5.78 Å². The Hall–Kier alpha value is -2.17. The van der Waals surface area contributed by atoms with Gasteiger partial charge >= 0.3 is 6.09 Å². The molecule has 1 aromatic carbocycles. The van der Waals surface area contributed by atoms with Crippen LogP contribution in [0.5, 0.6) is 0 Å². The van der Waals surface area contributed by atoms with E-state index in [1.165, 1.54) is 0 Å². The lowest BCUT2D eigenvalue weighted by Crippen LogP contribution is -2.48. The van der Waals surface area contributed by atoms with E-state index in [1.54, 1.807) is 0 Å². The molecule has 1 atom stereocenters. The summed E-state index contributed by atoms with van der Waals surface area (Å²) >= 11 is 0. The smallest absolute Gasteiger partial charge is 0.414 e. The van der Waals surface area contributed by atoms with Gasteiger partial charge in [-0.15, -0.1) is 0 Å². The van der Waals surface area contributed by atoms with Crippen molar-refractivity contribution in [2.75, 3.05) is 6.54 Å². The molecule has 0 saturated carbocycles. The highest BCUT2D eigenvalue weighted by atomic mass is 16.4. The highest BCUT2D eigenvalue weighted by Crippen LogP contribution is 2.20. The summed E-state index contributed by atoms with van der Waals surface area (Å²) in [5.74, 6) is -1.92. The zero-order valence-corrected chi connectivity index (χ0v) is 9.70. The van der Waals surface area contributed by atoms with Crippen LogP contribution in [0.3, 0.4) is 0 Å². The van der Waals surface area contributed by atoms with Gasteiger partial charge < -0.3 is 5.11 Å². The molecule has 1 heterocycles. The fraction of sp³-hybridized carbons (Fsp3) is 0.308. The molecule has 0 spiro atoms. The van der Waals surface area contributed by atoms with Crippen molar-refractivity contribution in [1.82, 2.24) is 4.90 Å². The van der Waals surface area contributed by atoms with Crippen molar-refractivity contribution in [2.24, 2.45) is 5.92 Å². The molecule has 0 aliphatic carbocycles. The summed E-state index contributed by atoms with van der Waals surface area (Å²) in [4.78, 5) is 34.7. The zero-order chi connectivity index (χ0) is 13.1. The molecular weight excluding hydrogens is 234 g/mol. The van der Waals surface area contributed by atoms with Crippen LogP contribution in [0.15, 0.2) is 30.3 Å². The quantitative estimate of drug-likeness (QED) is 0.800. The van der Waals surface area contributed by atoms with Gasteiger partial charge in [0.1, 0.15) is 0 Å². The van der Waals surface area contributed by atoms with Gasteiger partial charge in [0, 0.05) is 12.5 Å². The van der Waals surface area contributed by atoms with Crippen molar-refractivity contribution in [3.05, 3.63) is 35.9 Å². The second kappa shape index (κ2) is 5.00. The van der Waals surface area contributed by atoms with Crippen LogP contribution >= 0.6 is 0 Å². The summed E-state index contributed by atoms with van der Waals surface area (Å²) in [5, 5.41) is 8.76. The van der Waals surface area contributed by atoms with E-state index in [-0.39, 0.29) is 6.54 Å². The minimum absolute atomic E-state index is 0.0946. The van der Waals surface area contributed by atoms with Crippen LogP contribution in [0.25, 0.3) is 0 Å². The van der Waals surface area contributed by atoms with E-state index >= 15 is 0 Å². The average molecular weight is 247 g/mol. The maximum Gasteiger partial charge on any atom is 0.414 e. The number of rotatable bonds is 2. The number of amides is 2. The Labute approximate surface area is 104 Å². The molecule has 18 heavy (non-hydrogen) atoms. The number of Topliss-reactive ketones (excluding diaryl/α,β-unsaturated/α-hetero) is 1. The molecule has 0 bridgehead atoms. The van der Waals surface area contributed by atoms with Crippen LogP contribution < -0.4 is 0 Å². The van der Waals surface area contributed by atoms with Crippen molar-refractivity contribution in [3.63, 3.8) is 0 Å². The lowest BCUT2D eigenvalue weighted by Gasteiger charge is -2.26. The van der Waals surface area contributed by atoms with Crippen molar-refractivity contribution in [3.8, 4) is 0 Å². The van der Waals surface area contributed by atoms with E-state index in [0.717, 1.165) is 5.56 Å². The number of carboxylic acid groups (broad SMARTS) is 1. The molecule has 2 amide bonds. The molecule has 1 aromatic rings. The van der Waals surface area contributed by atoms with Gasteiger partial charge in [-0.1, -0.05) is 30.3 Å². The highest BCUT2D eigenvalue weighted by molar-refractivity contribution is 6.39. The van der Waals surface area contributed by atoms with E-state index in [0.29, 0.717) is 17.7 Å². The lowest BCUT2D eigenvalue weighted by atomic mass is 9.89. The molecular formula is C13H13NO4. The summed E-state index contributed by atoms with van der Waals surface area (Å²) in [6.45, 7) is 0.0946. The third-order valence-corrected chi connectivity index (χ3v) is 3.08. The van der Waals surface area contributed by atoms with Crippen molar-refractivity contribution >= 4 is 17.8 Å². The first-order valence-corrected chi connectivity index (χ1v) is 5.72. The topological polar surface area (TPSA) is 74.7 Å². The number of imide groups is 1. The first kappa shape index (κ1) is 12.3. The van der Waals surface area contributed by atoms with Gasteiger partial charge in [-0.3, -0.25) is 9.59 Å². The Morgan fingerprint density at radius 1 is 1.28 bits per heavy atom. The largest absolute Gasteiger partial charge is 0.465 e. The number of benzene rings is 1. The molecule has 1 saturated heterocycles. The number of carbonyl (C=O) groups excluding carboxylic acids is 2. The Balaban J connectivity index is 2.07. The third kappa shape index (κ3) is 2.40. The van der Waals surface area contributed by atoms with Crippen molar-refractivity contribution < 1.29 is 19.5 Å². The van der Waals surface area contributed by atoms with Gasteiger partial charge in [-0.2, -0.15) is 0 Å². The van der Waals surface area contributed by atoms with Crippen LogP contribution in [-0.2, 0) is 16.0 Å². The van der Waals surface area contributed by atoms with Crippen LogP contribution in [0, 0.1) is 5.92 Å². The highest BCUT2D eigenvalue weighted by Gasteiger charge is 2.37. The van der Waals surface area contributed by atoms with Crippen molar-refractivity contribution in [2.45, 2.75) is 12.8 Å². The maximum absolute atomic E-state index is 11.8. The van der Waals surface area contributed by atoms with Gasteiger partial charge in [0.25, 0.3) is 5.91 Å². The Kier molecular flexibility index (Phi) is 3.41. The molecule has 1 aliphatic rings. The Morgan fingerprint density at radius 2 is 1.94 bits per heavy atom. The lowest BCUT2D eigenvalue weighted by molar-refractivity contribution is -0.148. The first-order valence-electron chi connectivity index (χ1n) is 5.72. The van der Waals surface area contributed by atoms with Gasteiger partial charge in [0.05, 0.1) is 0 Å². The number of hydrogen-bond acceptors (Lipinski definition) is 3. The van der Waals surface area contributed by atoms with Crippen LogP contribution in [0.1, 0.15) is 12.0 Å². The summed E-state index contributed by atoms with van der Waals surface area (Å²) in [5.41, 5.74) is 0.979. The predicted octanol–water partition coefficient (Wildman–Crippen LogP) is 1.32. The van der Waals surface area contributed by atoms with Crippen LogP contribution in [0.4, 0.5) is 4.79 Å². The summed E-state index contributed by atoms with van der Waals surface area (Å²) in [7, 11) is 0. The molecule has 1 unspecified atom stereocenters. The van der Waals surface area contributed by atoms with Crippen molar-refractivity contribution in [1.29, 1.82) is 0 Å². The normalized spacial score (nSPS) is 20.0. The molecule has 1 fully saturated rings. The molecule has 2 rings (SSSR count). The summed E-state index contributed by atoms with van der Waals surface area (Å²) in [6.07, 6.45) is -0.475. The van der Waals surface area contributed by atoms with E-state index in [2.05, 4.69) is 0 Å². The molecule has 0 radical (unpaired) electrons. The summed E-state index contributed by atoms with van der Waals surface area (Å²) in [6, 6.07) is 9.40. The maximum atomic E-state index is 11.8. The van der Waals surface area contributed by atoms with E-state index in [4.69, 9.17) is 5.11 Å². The minimum Gasteiger partial charge on any atom is -0.465 e. The molecule has 94 valence electrons. The molecule has 1 aliphatic heterocycles. The molecule has 5 heteroatoms. The number of likely N-dealkylation sites (tertiary alicyclic amines) is 1. The van der Waals surface area contributed by atoms with Crippen LogP contribution in [0.2, 0.25) is 0 Å². The molecule has 0 aromatic heterocycles. The fourth-order valence-electron chi connectivity index (χ4n) is 2.10. The second-order valence-electron chi connectivity index (χ2n) is 4.28. The molecule has 5 nitrogen and oxygen atoms in total. The molecule has 1 N–H and O–H groups in total. The first-order chi connectivity index (χ1) is 8.59. The number of nitrogens with zero attached hydrogens (tertiary/aromatic N) is 1. The average Bonchev–Trinajstić information content (AvgIpc) is 2.36. The predicted molar refractivity (Wildman–Crippen MR) is 63.0 cm³/mol. The van der Waals surface area contributed by atoms with E-state index in [9.17, 15) is 14.4 Å². The van der Waals surface area contributed by atoms with Gasteiger partial charge in [-0.05, 0) is 18.4 Å². The van der Waals surface area contributed by atoms with E-state index < -0.39 is 23.7 Å². The van der Waals surface area contributed by atoms with Gasteiger partial charge in [-0.25, -0.2) is 9.69 Å². The second-order valence-corrected chi connectivity index (χ2v) is 4.28. The minimum atomic E-state index is -1.36. The van der Waals surface area contributed by atoms with Gasteiger partial charge in [0.15, 0.2) is 0 Å². The third-order valence-electron chi connectivity index (χ3n) is 3.08. The monoisotopic (exact) mass is 247 g/mol. The SMILES string of the molecule is O=C1C(=O)N(C(=O)O)CCC1Cc1ccccc1. The summed E-state index contributed by atoms with van der Waals surface area (Å²) < 4.78 is 0. The standard InChI is InChI=1S/C13H13NO4/c15-11-10(8-9-4-2-1-3-5-9)6-7-14(12(11)16)13(17)18/h1-5,10H,6-8H2,(H,17,18). The zero-order valence-electron chi connectivity index (χ0n) is 9.70. The number of carbonyl (C=O) groups is 3. The fourth-order valence-corrected chi connectivity index (χ4v) is 2.10. The number of ketones is 1. The van der Waals surface area contributed by atoms with Crippen LogP contribution in [-0.4, -0.2) is 34.3 Å².